The molecule has 3 nitrogen and oxygen atoms in total. The van der Waals surface area contributed by atoms with Crippen molar-refractivity contribution in [2.24, 2.45) is 0 Å². The molecule has 0 fully saturated rings. The summed E-state index contributed by atoms with van der Waals surface area (Å²) in [6.45, 7) is 3.88. The summed E-state index contributed by atoms with van der Waals surface area (Å²) >= 11 is 0. The van der Waals surface area contributed by atoms with E-state index in [1.165, 1.54) is 11.3 Å². The highest BCUT2D eigenvalue weighted by atomic mass is 15.3. The van der Waals surface area contributed by atoms with Crippen molar-refractivity contribution in [2.45, 2.75) is 13.5 Å². The molecule has 1 aromatic heterocycles. The summed E-state index contributed by atoms with van der Waals surface area (Å²) in [5, 5.41) is 7.44. The lowest BCUT2D eigenvalue weighted by molar-refractivity contribution is 0.687. The highest BCUT2D eigenvalue weighted by Gasteiger charge is 1.95. The Balaban J connectivity index is 2.04. The van der Waals surface area contributed by atoms with Crippen LogP contribution in [0.3, 0.4) is 0 Å². The van der Waals surface area contributed by atoms with Crippen LogP contribution in [0.25, 0.3) is 0 Å². The number of nitrogens with zero attached hydrogens (tertiary/aromatic N) is 2. The molecular weight excluding hydrogens is 186 g/mol. The zero-order valence-corrected chi connectivity index (χ0v) is 8.85. The van der Waals surface area contributed by atoms with Crippen LogP contribution in [0.15, 0.2) is 42.7 Å². The average Bonchev–Trinajstić information content (AvgIpc) is 2.74. The maximum Gasteiger partial charge on any atom is 0.0659 e. The molecule has 0 atom stereocenters. The smallest absolute Gasteiger partial charge is 0.0659 e. The fourth-order valence-corrected chi connectivity index (χ4v) is 1.51. The van der Waals surface area contributed by atoms with E-state index in [1.807, 2.05) is 16.9 Å². The van der Waals surface area contributed by atoms with E-state index in [2.05, 4.69) is 41.6 Å². The molecule has 0 spiro atoms. The van der Waals surface area contributed by atoms with Gasteiger partial charge in [0.05, 0.1) is 6.54 Å². The molecule has 0 aliphatic carbocycles. The molecule has 2 aromatic rings. The maximum absolute atomic E-state index is 4.17. The van der Waals surface area contributed by atoms with Gasteiger partial charge in [-0.05, 0) is 30.7 Å². The first-order valence-electron chi connectivity index (χ1n) is 5.18. The Hall–Kier alpha value is -1.77. The summed E-state index contributed by atoms with van der Waals surface area (Å²) in [5.74, 6) is 0. The van der Waals surface area contributed by atoms with Crippen LogP contribution in [-0.4, -0.2) is 16.3 Å². The lowest BCUT2D eigenvalue weighted by Crippen LogP contribution is -2.00. The quantitative estimate of drug-likeness (QED) is 0.823. The van der Waals surface area contributed by atoms with E-state index >= 15 is 0 Å². The molecule has 1 aromatic carbocycles. The predicted molar refractivity (Wildman–Crippen MR) is 61.9 cm³/mol. The minimum absolute atomic E-state index is 0.833. The largest absolute Gasteiger partial charge is 0.385 e. The van der Waals surface area contributed by atoms with Crippen LogP contribution in [0.5, 0.6) is 0 Å². The Morgan fingerprint density at radius 1 is 1.27 bits per heavy atom. The summed E-state index contributed by atoms with van der Waals surface area (Å²) in [5.41, 5.74) is 2.43. The third-order valence-electron chi connectivity index (χ3n) is 2.24. The second-order valence-corrected chi connectivity index (χ2v) is 3.43. The van der Waals surface area contributed by atoms with Gasteiger partial charge in [-0.1, -0.05) is 12.1 Å². The molecule has 0 bridgehead atoms. The fraction of sp³-hybridized carbons (Fsp3) is 0.250. The van der Waals surface area contributed by atoms with E-state index in [1.54, 1.807) is 6.20 Å². The van der Waals surface area contributed by atoms with E-state index in [-0.39, 0.29) is 0 Å². The molecule has 15 heavy (non-hydrogen) atoms. The molecule has 0 unspecified atom stereocenters. The first-order valence-corrected chi connectivity index (χ1v) is 5.18. The molecule has 2 rings (SSSR count). The molecule has 78 valence electrons. The average molecular weight is 201 g/mol. The van der Waals surface area contributed by atoms with Crippen LogP contribution in [0, 0.1) is 0 Å². The summed E-state index contributed by atoms with van der Waals surface area (Å²) < 4.78 is 1.92. The molecule has 1 heterocycles. The van der Waals surface area contributed by atoms with Gasteiger partial charge in [0.1, 0.15) is 0 Å². The molecular formula is C12H15N3. The Labute approximate surface area is 89.7 Å². The molecule has 0 aliphatic heterocycles. The lowest BCUT2D eigenvalue weighted by Gasteiger charge is -2.05. The molecule has 0 radical (unpaired) electrons. The van der Waals surface area contributed by atoms with Gasteiger partial charge in [-0.3, -0.25) is 4.68 Å². The van der Waals surface area contributed by atoms with Crippen molar-refractivity contribution in [1.29, 1.82) is 0 Å². The van der Waals surface area contributed by atoms with E-state index in [9.17, 15) is 0 Å². The zero-order chi connectivity index (χ0) is 10.5. The number of hydrogen-bond donors (Lipinski definition) is 1. The third kappa shape index (κ3) is 2.59. The second-order valence-electron chi connectivity index (χ2n) is 3.43. The summed E-state index contributed by atoms with van der Waals surface area (Å²) in [6.07, 6.45) is 3.77. The molecule has 0 aliphatic rings. The fourth-order valence-electron chi connectivity index (χ4n) is 1.51. The molecule has 3 heteroatoms. The van der Waals surface area contributed by atoms with Gasteiger partial charge < -0.3 is 5.32 Å². The topological polar surface area (TPSA) is 29.9 Å². The highest BCUT2D eigenvalue weighted by Crippen LogP contribution is 2.09. The van der Waals surface area contributed by atoms with Gasteiger partial charge in [0, 0.05) is 24.6 Å². The standard InChI is InChI=1S/C12H15N3/c1-2-13-12-6-4-11(5-7-12)10-15-9-3-8-14-15/h3-9,13H,2,10H2,1H3. The van der Waals surface area contributed by atoms with E-state index in [0.29, 0.717) is 0 Å². The van der Waals surface area contributed by atoms with Gasteiger partial charge in [-0.25, -0.2) is 0 Å². The minimum Gasteiger partial charge on any atom is -0.385 e. The molecule has 0 amide bonds. The zero-order valence-electron chi connectivity index (χ0n) is 8.85. The summed E-state index contributed by atoms with van der Waals surface area (Å²) in [6, 6.07) is 10.4. The van der Waals surface area contributed by atoms with Crippen LogP contribution in [-0.2, 0) is 6.54 Å². The molecule has 0 saturated heterocycles. The van der Waals surface area contributed by atoms with Crippen molar-refractivity contribution in [2.75, 3.05) is 11.9 Å². The Morgan fingerprint density at radius 3 is 2.67 bits per heavy atom. The number of rotatable bonds is 4. The summed E-state index contributed by atoms with van der Waals surface area (Å²) in [7, 11) is 0. The van der Waals surface area contributed by atoms with E-state index in [4.69, 9.17) is 0 Å². The van der Waals surface area contributed by atoms with Crippen molar-refractivity contribution < 1.29 is 0 Å². The monoisotopic (exact) mass is 201 g/mol. The summed E-state index contributed by atoms with van der Waals surface area (Å²) in [4.78, 5) is 0. The second kappa shape index (κ2) is 4.64. The first kappa shape index (κ1) is 9.77. The highest BCUT2D eigenvalue weighted by molar-refractivity contribution is 5.44. The number of nitrogens with one attached hydrogen (secondary N) is 1. The van der Waals surface area contributed by atoms with Crippen LogP contribution in [0.2, 0.25) is 0 Å². The number of anilines is 1. The Kier molecular flexibility index (Phi) is 3.02. The van der Waals surface area contributed by atoms with Gasteiger partial charge in [-0.2, -0.15) is 5.10 Å². The minimum atomic E-state index is 0.833. The van der Waals surface area contributed by atoms with Gasteiger partial charge >= 0.3 is 0 Å². The number of hydrogen-bond acceptors (Lipinski definition) is 2. The van der Waals surface area contributed by atoms with Crippen molar-refractivity contribution in [3.05, 3.63) is 48.3 Å². The normalized spacial score (nSPS) is 10.2. The van der Waals surface area contributed by atoms with Gasteiger partial charge in [0.15, 0.2) is 0 Å². The van der Waals surface area contributed by atoms with Crippen LogP contribution in [0.4, 0.5) is 5.69 Å². The number of aromatic nitrogens is 2. The van der Waals surface area contributed by atoms with Crippen LogP contribution in [0.1, 0.15) is 12.5 Å². The van der Waals surface area contributed by atoms with Crippen LogP contribution >= 0.6 is 0 Å². The Morgan fingerprint density at radius 2 is 2.07 bits per heavy atom. The van der Waals surface area contributed by atoms with Gasteiger partial charge in [0.2, 0.25) is 0 Å². The van der Waals surface area contributed by atoms with Crippen molar-refractivity contribution in [1.82, 2.24) is 9.78 Å². The predicted octanol–water partition coefficient (Wildman–Crippen LogP) is 2.36. The lowest BCUT2D eigenvalue weighted by atomic mass is 10.2. The van der Waals surface area contributed by atoms with E-state index < -0.39 is 0 Å². The third-order valence-corrected chi connectivity index (χ3v) is 2.24. The SMILES string of the molecule is CCNc1ccc(Cn2cccn2)cc1. The van der Waals surface area contributed by atoms with Crippen LogP contribution < -0.4 is 5.32 Å². The van der Waals surface area contributed by atoms with Gasteiger partial charge in [0.25, 0.3) is 0 Å². The van der Waals surface area contributed by atoms with Crippen molar-refractivity contribution in [3.8, 4) is 0 Å². The number of benzene rings is 1. The maximum atomic E-state index is 4.17. The molecule has 0 saturated carbocycles. The van der Waals surface area contributed by atoms with Crippen molar-refractivity contribution >= 4 is 5.69 Å². The van der Waals surface area contributed by atoms with E-state index in [0.717, 1.165) is 13.1 Å². The van der Waals surface area contributed by atoms with Crippen molar-refractivity contribution in [3.63, 3.8) is 0 Å². The Bertz CT molecular complexity index is 389. The first-order chi connectivity index (χ1) is 7.38. The van der Waals surface area contributed by atoms with Gasteiger partial charge in [-0.15, -0.1) is 0 Å². The molecule has 1 N–H and O–H groups in total.